The van der Waals surface area contributed by atoms with Crippen molar-refractivity contribution in [1.29, 1.82) is 0 Å². The largest absolute Gasteiger partial charge is 0.298 e. The van der Waals surface area contributed by atoms with E-state index in [0.717, 1.165) is 18.3 Å². The first-order valence-electron chi connectivity index (χ1n) is 5.81. The molecule has 2 aromatic rings. The molecule has 0 saturated carbocycles. The summed E-state index contributed by atoms with van der Waals surface area (Å²) in [6.07, 6.45) is 5.00. The fraction of sp³-hybridized carbons (Fsp3) is 0.200. The molecule has 2 heteroatoms. The van der Waals surface area contributed by atoms with Crippen LogP contribution in [-0.4, -0.2) is 11.3 Å². The van der Waals surface area contributed by atoms with Crippen molar-refractivity contribution >= 4 is 6.29 Å². The second-order valence-electron chi connectivity index (χ2n) is 3.41. The molecule has 0 N–H and O–H groups in total. The SMILES string of the molecule is CC.O=Cc1cncc(Cc2ccccc2)c1. The molecule has 0 saturated heterocycles. The molecular weight excluding hydrogens is 210 g/mol. The highest BCUT2D eigenvalue weighted by molar-refractivity contribution is 5.74. The fourth-order valence-electron chi connectivity index (χ4n) is 1.50. The molecule has 0 amide bonds. The Bertz CT molecular complexity index is 451. The standard InChI is InChI=1S/C13H11NO.C2H6/c15-10-13-7-12(8-14-9-13)6-11-4-2-1-3-5-11;1-2/h1-5,7-10H,6H2;1-2H3. The highest BCUT2D eigenvalue weighted by atomic mass is 16.1. The van der Waals surface area contributed by atoms with Crippen molar-refractivity contribution < 1.29 is 4.79 Å². The molecule has 0 spiro atoms. The zero-order valence-electron chi connectivity index (χ0n) is 10.3. The predicted molar refractivity (Wildman–Crippen MR) is 70.2 cm³/mol. The molecule has 1 aromatic heterocycles. The maximum absolute atomic E-state index is 10.6. The summed E-state index contributed by atoms with van der Waals surface area (Å²) in [7, 11) is 0. The monoisotopic (exact) mass is 227 g/mol. The van der Waals surface area contributed by atoms with Gasteiger partial charge in [-0.05, 0) is 23.6 Å². The van der Waals surface area contributed by atoms with Crippen molar-refractivity contribution in [3.05, 3.63) is 65.5 Å². The molecular formula is C15H17NO. The second kappa shape index (κ2) is 7.34. The average Bonchev–Trinajstić information content (AvgIpc) is 2.42. The Balaban J connectivity index is 0.000000686. The van der Waals surface area contributed by atoms with Gasteiger partial charge in [-0.3, -0.25) is 9.78 Å². The van der Waals surface area contributed by atoms with E-state index < -0.39 is 0 Å². The van der Waals surface area contributed by atoms with Crippen LogP contribution in [0.1, 0.15) is 35.3 Å². The number of hydrogen-bond donors (Lipinski definition) is 0. The lowest BCUT2D eigenvalue weighted by molar-refractivity contribution is 0.112. The Morgan fingerprint density at radius 2 is 1.76 bits per heavy atom. The maximum atomic E-state index is 10.6. The van der Waals surface area contributed by atoms with Gasteiger partial charge in [0.1, 0.15) is 0 Å². The third-order valence-electron chi connectivity index (χ3n) is 2.20. The van der Waals surface area contributed by atoms with E-state index in [1.54, 1.807) is 12.4 Å². The van der Waals surface area contributed by atoms with E-state index in [0.29, 0.717) is 5.56 Å². The van der Waals surface area contributed by atoms with Gasteiger partial charge >= 0.3 is 0 Å². The summed E-state index contributed by atoms with van der Waals surface area (Å²) in [6, 6.07) is 12.0. The van der Waals surface area contributed by atoms with Crippen LogP contribution in [0.3, 0.4) is 0 Å². The molecule has 88 valence electrons. The first-order valence-corrected chi connectivity index (χ1v) is 5.81. The Kier molecular flexibility index (Phi) is 5.66. The smallest absolute Gasteiger partial charge is 0.151 e. The molecule has 0 aliphatic carbocycles. The first kappa shape index (κ1) is 13.1. The quantitative estimate of drug-likeness (QED) is 0.751. The summed E-state index contributed by atoms with van der Waals surface area (Å²) in [4.78, 5) is 14.6. The van der Waals surface area contributed by atoms with Gasteiger partial charge in [0.2, 0.25) is 0 Å². The zero-order chi connectivity index (χ0) is 12.5. The minimum Gasteiger partial charge on any atom is -0.298 e. The molecule has 2 nitrogen and oxygen atoms in total. The van der Waals surface area contributed by atoms with E-state index in [2.05, 4.69) is 17.1 Å². The van der Waals surface area contributed by atoms with E-state index in [4.69, 9.17) is 0 Å². The summed E-state index contributed by atoms with van der Waals surface area (Å²) >= 11 is 0. The minimum absolute atomic E-state index is 0.628. The van der Waals surface area contributed by atoms with Crippen LogP contribution in [0.15, 0.2) is 48.8 Å². The van der Waals surface area contributed by atoms with Gasteiger partial charge in [0.05, 0.1) is 0 Å². The van der Waals surface area contributed by atoms with Crippen LogP contribution in [0.5, 0.6) is 0 Å². The number of rotatable bonds is 3. The number of benzene rings is 1. The molecule has 1 heterocycles. The van der Waals surface area contributed by atoms with Crippen LogP contribution >= 0.6 is 0 Å². The normalized spacial score (nSPS) is 9.06. The summed E-state index contributed by atoms with van der Waals surface area (Å²) in [5.74, 6) is 0. The van der Waals surface area contributed by atoms with Gasteiger partial charge in [-0.1, -0.05) is 44.2 Å². The Hall–Kier alpha value is -1.96. The van der Waals surface area contributed by atoms with Crippen molar-refractivity contribution in [3.8, 4) is 0 Å². The van der Waals surface area contributed by atoms with Gasteiger partial charge < -0.3 is 0 Å². The van der Waals surface area contributed by atoms with Crippen LogP contribution in [0.2, 0.25) is 0 Å². The lowest BCUT2D eigenvalue weighted by Crippen LogP contribution is -1.91. The van der Waals surface area contributed by atoms with Crippen LogP contribution in [0.4, 0.5) is 0 Å². The van der Waals surface area contributed by atoms with Crippen LogP contribution in [-0.2, 0) is 6.42 Å². The predicted octanol–water partition coefficient (Wildman–Crippen LogP) is 3.51. The molecule has 0 radical (unpaired) electrons. The zero-order valence-corrected chi connectivity index (χ0v) is 10.3. The van der Waals surface area contributed by atoms with Crippen molar-refractivity contribution in [1.82, 2.24) is 4.98 Å². The Morgan fingerprint density at radius 1 is 1.06 bits per heavy atom. The van der Waals surface area contributed by atoms with Gasteiger partial charge in [-0.2, -0.15) is 0 Å². The topological polar surface area (TPSA) is 30.0 Å². The van der Waals surface area contributed by atoms with Gasteiger partial charge in [-0.25, -0.2) is 0 Å². The Morgan fingerprint density at radius 3 is 2.41 bits per heavy atom. The van der Waals surface area contributed by atoms with Crippen molar-refractivity contribution in [2.75, 3.05) is 0 Å². The van der Waals surface area contributed by atoms with Crippen molar-refractivity contribution in [3.63, 3.8) is 0 Å². The van der Waals surface area contributed by atoms with E-state index in [1.165, 1.54) is 5.56 Å². The highest BCUT2D eigenvalue weighted by Gasteiger charge is 1.97. The molecule has 1 aromatic carbocycles. The summed E-state index contributed by atoms with van der Waals surface area (Å²) < 4.78 is 0. The van der Waals surface area contributed by atoms with Crippen LogP contribution < -0.4 is 0 Å². The van der Waals surface area contributed by atoms with Gasteiger partial charge in [0.15, 0.2) is 6.29 Å². The highest BCUT2D eigenvalue weighted by Crippen LogP contribution is 2.08. The van der Waals surface area contributed by atoms with Gasteiger partial charge in [0, 0.05) is 18.0 Å². The summed E-state index contributed by atoms with van der Waals surface area (Å²) in [5.41, 5.74) is 2.91. The number of pyridine rings is 1. The minimum atomic E-state index is 0.628. The fourth-order valence-corrected chi connectivity index (χ4v) is 1.50. The first-order chi connectivity index (χ1) is 8.38. The Labute approximate surface area is 102 Å². The molecule has 0 aliphatic heterocycles. The number of carbonyl (C=O) groups is 1. The number of aldehydes is 1. The number of nitrogens with zero attached hydrogens (tertiary/aromatic N) is 1. The lowest BCUT2D eigenvalue weighted by atomic mass is 10.1. The van der Waals surface area contributed by atoms with Gasteiger partial charge in [0.25, 0.3) is 0 Å². The molecule has 0 aliphatic rings. The number of aromatic nitrogens is 1. The van der Waals surface area contributed by atoms with E-state index in [1.807, 2.05) is 38.1 Å². The van der Waals surface area contributed by atoms with Crippen LogP contribution in [0.25, 0.3) is 0 Å². The average molecular weight is 227 g/mol. The third-order valence-corrected chi connectivity index (χ3v) is 2.20. The van der Waals surface area contributed by atoms with E-state index in [9.17, 15) is 4.79 Å². The number of carbonyl (C=O) groups excluding carboxylic acids is 1. The van der Waals surface area contributed by atoms with Crippen molar-refractivity contribution in [2.24, 2.45) is 0 Å². The molecule has 17 heavy (non-hydrogen) atoms. The van der Waals surface area contributed by atoms with E-state index in [-0.39, 0.29) is 0 Å². The molecule has 0 bridgehead atoms. The molecule has 0 fully saturated rings. The maximum Gasteiger partial charge on any atom is 0.151 e. The van der Waals surface area contributed by atoms with Gasteiger partial charge in [-0.15, -0.1) is 0 Å². The molecule has 2 rings (SSSR count). The lowest BCUT2D eigenvalue weighted by Gasteiger charge is -2.01. The van der Waals surface area contributed by atoms with Crippen molar-refractivity contribution in [2.45, 2.75) is 20.3 Å². The third kappa shape index (κ3) is 4.19. The summed E-state index contributed by atoms with van der Waals surface area (Å²) in [5, 5.41) is 0. The second-order valence-corrected chi connectivity index (χ2v) is 3.41. The molecule has 0 atom stereocenters. The number of hydrogen-bond acceptors (Lipinski definition) is 2. The van der Waals surface area contributed by atoms with Crippen LogP contribution in [0, 0.1) is 0 Å². The summed E-state index contributed by atoms with van der Waals surface area (Å²) in [6.45, 7) is 4.00. The van der Waals surface area contributed by atoms with E-state index >= 15 is 0 Å². The molecule has 0 unspecified atom stereocenters.